The van der Waals surface area contributed by atoms with E-state index in [2.05, 4.69) is 31.3 Å². The Morgan fingerprint density at radius 1 is 0.569 bits per heavy atom. The monoisotopic (exact) mass is 842 g/mol. The number of carbonyl (C=O) groups is 1. The largest absolute Gasteiger partial charge is 0.472 e. The molecule has 8 nitrogen and oxygen atoms in total. The van der Waals surface area contributed by atoms with Crippen LogP contribution in [0, 0.1) is 0 Å². The van der Waals surface area contributed by atoms with Gasteiger partial charge in [-0.05, 0) is 44.9 Å². The lowest BCUT2D eigenvalue weighted by Gasteiger charge is -2.25. The minimum Gasteiger partial charge on any atom is -0.387 e. The zero-order valence-corrected chi connectivity index (χ0v) is 39.9. The molecule has 3 unspecified atom stereocenters. The number of allylic oxidation sites excluding steroid dienone is 3. The number of likely N-dealkylation sites (N-methyl/N-ethyl adjacent to an activating group) is 1. The highest BCUT2D eigenvalue weighted by Gasteiger charge is 2.27. The van der Waals surface area contributed by atoms with Crippen molar-refractivity contribution in [2.75, 3.05) is 40.9 Å². The van der Waals surface area contributed by atoms with Gasteiger partial charge in [0, 0.05) is 6.42 Å². The Bertz CT molecular complexity index is 1000. The fourth-order valence-electron chi connectivity index (χ4n) is 7.21. The molecule has 3 atom stereocenters. The van der Waals surface area contributed by atoms with Crippen molar-refractivity contribution in [1.29, 1.82) is 0 Å². The molecule has 0 aliphatic heterocycles. The number of aliphatic hydroxyl groups is 1. The van der Waals surface area contributed by atoms with Gasteiger partial charge < -0.3 is 19.8 Å². The average molecular weight is 842 g/mol. The number of hydrogen-bond donors (Lipinski definition) is 3. The summed E-state index contributed by atoms with van der Waals surface area (Å²) in [7, 11) is 1.57. The van der Waals surface area contributed by atoms with E-state index in [4.69, 9.17) is 9.05 Å². The number of rotatable bonds is 45. The van der Waals surface area contributed by atoms with Gasteiger partial charge in [0.1, 0.15) is 13.2 Å². The summed E-state index contributed by atoms with van der Waals surface area (Å²) in [6.45, 7) is 4.83. The molecule has 9 heteroatoms. The van der Waals surface area contributed by atoms with E-state index >= 15 is 0 Å². The number of amides is 1. The maximum absolute atomic E-state index is 12.9. The summed E-state index contributed by atoms with van der Waals surface area (Å²) in [5.74, 6) is -0.180. The van der Waals surface area contributed by atoms with Crippen LogP contribution in [-0.4, -0.2) is 73.4 Å². The highest BCUT2D eigenvalue weighted by Crippen LogP contribution is 2.43. The maximum atomic E-state index is 12.9. The fourth-order valence-corrected chi connectivity index (χ4v) is 7.95. The molecule has 0 aromatic carbocycles. The van der Waals surface area contributed by atoms with Gasteiger partial charge in [-0.25, -0.2) is 4.57 Å². The minimum atomic E-state index is -4.34. The number of carbonyl (C=O) groups excluding carboxylic acids is 1. The third-order valence-corrected chi connectivity index (χ3v) is 12.1. The zero-order chi connectivity index (χ0) is 42.8. The molecule has 0 heterocycles. The number of aliphatic hydroxyl groups excluding tert-OH is 1. The van der Waals surface area contributed by atoms with E-state index in [1.54, 1.807) is 6.08 Å². The van der Waals surface area contributed by atoms with E-state index in [1.165, 1.54) is 173 Å². The molecule has 0 radical (unpaired) electrons. The van der Waals surface area contributed by atoms with Gasteiger partial charge in [0.25, 0.3) is 0 Å². The molecular weight excluding hydrogens is 744 g/mol. The Hall–Kier alpha value is -1.02. The minimum absolute atomic E-state index is 0.0619. The second-order valence-corrected chi connectivity index (χ2v) is 19.6. The third kappa shape index (κ3) is 43.1. The van der Waals surface area contributed by atoms with Gasteiger partial charge in [0.15, 0.2) is 0 Å². The standard InChI is InChI=1S/C49H97N2O6P/c1-6-8-10-12-14-16-18-20-22-23-24-25-26-27-29-31-33-35-37-39-41-43-49(53)50-47(46-57-58(54,55)56-45-44-51(3,4)5)48(52)42-40-38-36-34-32-30-28-21-19-17-15-13-11-9-7-2/h25-26,40,42,47-48,52H,6-24,27-39,41,43-46H2,1-5H3,(H-,50,53,54,55)/p+1/b26-25-,42-40+. The Morgan fingerprint density at radius 3 is 1.33 bits per heavy atom. The number of nitrogens with one attached hydrogen (secondary N) is 1. The van der Waals surface area contributed by atoms with E-state index in [9.17, 15) is 19.4 Å². The molecule has 0 aliphatic carbocycles. The zero-order valence-electron chi connectivity index (χ0n) is 39.0. The van der Waals surface area contributed by atoms with E-state index in [0.29, 0.717) is 17.4 Å². The smallest absolute Gasteiger partial charge is 0.387 e. The van der Waals surface area contributed by atoms with E-state index in [1.807, 2.05) is 27.2 Å². The first-order chi connectivity index (χ1) is 28.0. The van der Waals surface area contributed by atoms with E-state index < -0.39 is 20.0 Å². The van der Waals surface area contributed by atoms with Gasteiger partial charge in [0.2, 0.25) is 5.91 Å². The fraction of sp³-hybridized carbons (Fsp3) is 0.898. The number of nitrogens with zero attached hydrogens (tertiary/aromatic N) is 1. The van der Waals surface area contributed by atoms with Crippen LogP contribution in [0.25, 0.3) is 0 Å². The van der Waals surface area contributed by atoms with Crippen LogP contribution in [-0.2, 0) is 18.4 Å². The SMILES string of the molecule is CCCCCCCCCCCC/C=C\CCCCCCCCCC(=O)NC(COP(=O)(O)OCC[N+](C)(C)C)C(O)/C=C/CCCCCCCCCCCCCCC. The van der Waals surface area contributed by atoms with Crippen LogP contribution in [0.2, 0.25) is 0 Å². The lowest BCUT2D eigenvalue weighted by molar-refractivity contribution is -0.870. The van der Waals surface area contributed by atoms with Crippen molar-refractivity contribution in [2.45, 2.75) is 244 Å². The van der Waals surface area contributed by atoms with Crippen molar-refractivity contribution in [2.24, 2.45) is 0 Å². The van der Waals surface area contributed by atoms with Gasteiger partial charge in [0.05, 0.1) is 39.9 Å². The molecule has 0 saturated carbocycles. The summed E-state index contributed by atoms with van der Waals surface area (Å²) in [5.41, 5.74) is 0. The molecule has 0 aliphatic rings. The second kappa shape index (κ2) is 41.3. The molecule has 0 spiro atoms. The van der Waals surface area contributed by atoms with Gasteiger partial charge in [-0.2, -0.15) is 0 Å². The first-order valence-corrected chi connectivity index (χ1v) is 26.2. The first kappa shape index (κ1) is 57.0. The van der Waals surface area contributed by atoms with Crippen molar-refractivity contribution in [3.05, 3.63) is 24.3 Å². The van der Waals surface area contributed by atoms with Crippen LogP contribution in [0.3, 0.4) is 0 Å². The summed E-state index contributed by atoms with van der Waals surface area (Å²) in [6, 6.07) is -0.846. The van der Waals surface area contributed by atoms with Crippen LogP contribution < -0.4 is 5.32 Å². The summed E-state index contributed by atoms with van der Waals surface area (Å²) in [5, 5.41) is 13.9. The lowest BCUT2D eigenvalue weighted by Crippen LogP contribution is -2.45. The Labute approximate surface area is 360 Å². The number of phosphoric acid groups is 1. The summed E-state index contributed by atoms with van der Waals surface area (Å²) in [6.07, 6.45) is 49.6. The Balaban J connectivity index is 4.31. The molecule has 0 saturated heterocycles. The predicted octanol–water partition coefficient (Wildman–Crippen LogP) is 14.1. The average Bonchev–Trinajstić information content (AvgIpc) is 3.17. The van der Waals surface area contributed by atoms with Crippen molar-refractivity contribution in [1.82, 2.24) is 5.32 Å². The third-order valence-electron chi connectivity index (χ3n) is 11.2. The van der Waals surface area contributed by atoms with Crippen molar-refractivity contribution >= 4 is 13.7 Å². The van der Waals surface area contributed by atoms with Crippen LogP contribution in [0.15, 0.2) is 24.3 Å². The lowest BCUT2D eigenvalue weighted by atomic mass is 10.0. The number of quaternary nitrogens is 1. The molecule has 3 N–H and O–H groups in total. The topological polar surface area (TPSA) is 105 Å². The number of phosphoric ester groups is 1. The molecule has 0 rings (SSSR count). The van der Waals surface area contributed by atoms with Crippen molar-refractivity contribution in [3.63, 3.8) is 0 Å². The van der Waals surface area contributed by atoms with Crippen LogP contribution in [0.5, 0.6) is 0 Å². The van der Waals surface area contributed by atoms with E-state index in [0.717, 1.165) is 38.5 Å². The molecule has 0 bridgehead atoms. The number of unbranched alkanes of at least 4 members (excludes halogenated alkanes) is 30. The van der Waals surface area contributed by atoms with Gasteiger partial charge in [-0.15, -0.1) is 0 Å². The molecule has 0 aromatic heterocycles. The Morgan fingerprint density at radius 2 is 0.931 bits per heavy atom. The number of hydrogen-bond acceptors (Lipinski definition) is 5. The molecule has 0 aromatic rings. The normalized spacial score (nSPS) is 14.4. The second-order valence-electron chi connectivity index (χ2n) is 18.2. The summed E-state index contributed by atoms with van der Waals surface area (Å²) >= 11 is 0. The van der Waals surface area contributed by atoms with Crippen molar-refractivity contribution < 1.29 is 32.9 Å². The highest BCUT2D eigenvalue weighted by atomic mass is 31.2. The maximum Gasteiger partial charge on any atom is 0.472 e. The molecule has 0 fully saturated rings. The van der Waals surface area contributed by atoms with E-state index in [-0.39, 0.29) is 19.1 Å². The quantitative estimate of drug-likeness (QED) is 0.0244. The summed E-state index contributed by atoms with van der Waals surface area (Å²) < 4.78 is 23.6. The van der Waals surface area contributed by atoms with Crippen molar-refractivity contribution in [3.8, 4) is 0 Å². The predicted molar refractivity (Wildman–Crippen MR) is 249 cm³/mol. The molecule has 58 heavy (non-hydrogen) atoms. The Kier molecular flexibility index (Phi) is 40.6. The molecule has 344 valence electrons. The highest BCUT2D eigenvalue weighted by molar-refractivity contribution is 7.47. The van der Waals surface area contributed by atoms with Crippen LogP contribution >= 0.6 is 7.82 Å². The van der Waals surface area contributed by atoms with Gasteiger partial charge >= 0.3 is 7.82 Å². The molecular formula is C49H98N2O6P+. The molecule has 1 amide bonds. The van der Waals surface area contributed by atoms with Gasteiger partial charge in [-0.3, -0.25) is 13.8 Å². The van der Waals surface area contributed by atoms with Crippen LogP contribution in [0.4, 0.5) is 0 Å². The van der Waals surface area contributed by atoms with Gasteiger partial charge in [-0.1, -0.05) is 205 Å². The van der Waals surface area contributed by atoms with Crippen LogP contribution in [0.1, 0.15) is 232 Å². The summed E-state index contributed by atoms with van der Waals surface area (Å²) in [4.78, 5) is 23.2. The first-order valence-electron chi connectivity index (χ1n) is 24.7.